The zero-order valence-electron chi connectivity index (χ0n) is 15.0. The van der Waals surface area contributed by atoms with Gasteiger partial charge in [-0.1, -0.05) is 6.07 Å². The number of nitrogens with one attached hydrogen (secondary N) is 1. The molecule has 0 saturated heterocycles. The third-order valence-electron chi connectivity index (χ3n) is 4.80. The van der Waals surface area contributed by atoms with E-state index in [0.29, 0.717) is 35.8 Å². The number of rotatable bonds is 4. The predicted octanol–water partition coefficient (Wildman–Crippen LogP) is 3.92. The molecule has 0 bridgehead atoms. The van der Waals surface area contributed by atoms with Crippen molar-refractivity contribution in [3.63, 3.8) is 0 Å². The molecule has 0 atom stereocenters. The van der Waals surface area contributed by atoms with Gasteiger partial charge in [0.1, 0.15) is 0 Å². The number of hydrogen-bond donors (Lipinski definition) is 1. The first kappa shape index (κ1) is 16.3. The number of methoxy groups -OCH3 is 3. The monoisotopic (exact) mass is 352 g/mol. The molecule has 26 heavy (non-hydrogen) atoms. The van der Waals surface area contributed by atoms with Crippen LogP contribution in [-0.4, -0.2) is 38.6 Å². The van der Waals surface area contributed by atoms with E-state index in [4.69, 9.17) is 14.2 Å². The van der Waals surface area contributed by atoms with Crippen LogP contribution in [-0.2, 0) is 0 Å². The van der Waals surface area contributed by atoms with Crippen molar-refractivity contribution in [1.82, 2.24) is 4.98 Å². The van der Waals surface area contributed by atoms with Crippen molar-refractivity contribution in [2.45, 2.75) is 6.42 Å². The molecule has 3 aromatic rings. The Balaban J connectivity index is 1.99. The summed E-state index contributed by atoms with van der Waals surface area (Å²) in [5.41, 5.74) is 3.38. The molecule has 2 heterocycles. The number of aromatic nitrogens is 1. The van der Waals surface area contributed by atoms with Gasteiger partial charge in [-0.05, 0) is 18.2 Å². The van der Waals surface area contributed by atoms with E-state index in [0.717, 1.165) is 22.3 Å². The van der Waals surface area contributed by atoms with Crippen LogP contribution in [0.4, 0.5) is 11.4 Å². The largest absolute Gasteiger partial charge is 0.493 e. The van der Waals surface area contributed by atoms with Crippen LogP contribution in [0, 0.1) is 0 Å². The third-order valence-corrected chi connectivity index (χ3v) is 4.80. The second-order valence-electron chi connectivity index (χ2n) is 6.08. The molecule has 6 heteroatoms. The van der Waals surface area contributed by atoms with Gasteiger partial charge >= 0.3 is 0 Å². The minimum Gasteiger partial charge on any atom is -0.493 e. The molecule has 0 amide bonds. The number of ether oxygens (including phenoxy) is 3. The van der Waals surface area contributed by atoms with Crippen LogP contribution in [0.5, 0.6) is 17.2 Å². The number of carbonyl (C=O) groups is 1. The summed E-state index contributed by atoms with van der Waals surface area (Å²) < 4.78 is 16.5. The maximum absolute atomic E-state index is 12.7. The van der Waals surface area contributed by atoms with Crippen molar-refractivity contribution in [2.24, 2.45) is 0 Å². The van der Waals surface area contributed by atoms with E-state index in [2.05, 4.69) is 16.0 Å². The number of hydrogen-bond acceptors (Lipinski definition) is 5. The van der Waals surface area contributed by atoms with E-state index in [9.17, 15) is 4.79 Å². The molecule has 1 aliphatic heterocycles. The highest BCUT2D eigenvalue weighted by Gasteiger charge is 2.32. The van der Waals surface area contributed by atoms with E-state index in [1.54, 1.807) is 14.2 Å². The minimum atomic E-state index is 0.0373. The van der Waals surface area contributed by atoms with E-state index in [-0.39, 0.29) is 5.78 Å². The van der Waals surface area contributed by atoms with E-state index in [1.165, 1.54) is 7.11 Å². The van der Waals surface area contributed by atoms with E-state index >= 15 is 0 Å². The Hall–Kier alpha value is -3.15. The van der Waals surface area contributed by atoms with Crippen molar-refractivity contribution in [3.05, 3.63) is 42.1 Å². The number of benzene rings is 2. The molecule has 1 aliphatic rings. The predicted molar refractivity (Wildman–Crippen MR) is 100 cm³/mol. The fourth-order valence-electron chi connectivity index (χ4n) is 3.64. The number of aromatic amines is 1. The number of ketones is 1. The number of fused-ring (bicyclic) bond motifs is 2. The zero-order valence-corrected chi connectivity index (χ0v) is 15.0. The molecule has 2 aromatic carbocycles. The topological polar surface area (TPSA) is 63.8 Å². The second-order valence-corrected chi connectivity index (χ2v) is 6.08. The van der Waals surface area contributed by atoms with Crippen LogP contribution in [0.1, 0.15) is 16.8 Å². The Kier molecular flexibility index (Phi) is 3.95. The van der Waals surface area contributed by atoms with Gasteiger partial charge in [0, 0.05) is 36.1 Å². The van der Waals surface area contributed by atoms with Crippen molar-refractivity contribution < 1.29 is 19.0 Å². The Morgan fingerprint density at radius 1 is 1.00 bits per heavy atom. The summed E-state index contributed by atoms with van der Waals surface area (Å²) in [6.45, 7) is 0.592. The fourth-order valence-corrected chi connectivity index (χ4v) is 3.64. The highest BCUT2D eigenvalue weighted by molar-refractivity contribution is 6.09. The average Bonchev–Trinajstić information content (AvgIpc) is 3.15. The lowest BCUT2D eigenvalue weighted by Gasteiger charge is -2.33. The molecule has 0 radical (unpaired) electrons. The number of carbonyl (C=O) groups excluding carboxylic acids is 1. The lowest BCUT2D eigenvalue weighted by Crippen LogP contribution is -2.28. The molecule has 1 aromatic heterocycles. The summed E-state index contributed by atoms with van der Waals surface area (Å²) in [5, 5.41) is 1.10. The number of anilines is 2. The maximum atomic E-state index is 12.7. The van der Waals surface area contributed by atoms with E-state index in [1.807, 2.05) is 30.5 Å². The fraction of sp³-hybridized carbons (Fsp3) is 0.250. The van der Waals surface area contributed by atoms with Gasteiger partial charge in [-0.25, -0.2) is 0 Å². The molecule has 6 nitrogen and oxygen atoms in total. The molecule has 0 unspecified atom stereocenters. The molecule has 0 fully saturated rings. The van der Waals surface area contributed by atoms with Gasteiger partial charge < -0.3 is 24.1 Å². The van der Waals surface area contributed by atoms with Gasteiger partial charge in [0.05, 0.1) is 38.3 Å². The first-order valence-corrected chi connectivity index (χ1v) is 8.39. The van der Waals surface area contributed by atoms with E-state index < -0.39 is 0 Å². The summed E-state index contributed by atoms with van der Waals surface area (Å²) in [6, 6.07) is 9.98. The Morgan fingerprint density at radius 2 is 1.81 bits per heavy atom. The molecule has 0 spiro atoms. The van der Waals surface area contributed by atoms with Gasteiger partial charge in [-0.2, -0.15) is 0 Å². The van der Waals surface area contributed by atoms with Gasteiger partial charge in [-0.15, -0.1) is 0 Å². The van der Waals surface area contributed by atoms with Crippen LogP contribution in [0.15, 0.2) is 36.5 Å². The number of H-pyrrole nitrogens is 1. The van der Waals surface area contributed by atoms with Gasteiger partial charge in [-0.3, -0.25) is 4.79 Å². The highest BCUT2D eigenvalue weighted by atomic mass is 16.5. The van der Waals surface area contributed by atoms with Crippen molar-refractivity contribution in [2.75, 3.05) is 32.8 Å². The summed E-state index contributed by atoms with van der Waals surface area (Å²) in [6.07, 6.45) is 2.32. The van der Waals surface area contributed by atoms with Crippen LogP contribution in [0.2, 0.25) is 0 Å². The lowest BCUT2D eigenvalue weighted by atomic mass is 9.97. The Bertz CT molecular complexity index is 993. The molecule has 134 valence electrons. The molecular weight excluding hydrogens is 332 g/mol. The number of Topliss-reactive ketones (excluding diaryl/α,β-unsaturated/α-hetero) is 1. The third kappa shape index (κ3) is 2.29. The maximum Gasteiger partial charge on any atom is 0.204 e. The standard InChI is InChI=1S/C20H20N2O4/c1-24-17-11-15-18(20(26-3)19(17)25-2)16(23)8-10-22(15)14-6-4-5-13-12(14)7-9-21-13/h4-7,9,11,21H,8,10H2,1-3H3. The molecule has 0 aliphatic carbocycles. The SMILES string of the molecule is COc1cc2c(c(OC)c1OC)C(=O)CCN2c1cccc2[nH]ccc12. The number of nitrogens with zero attached hydrogens (tertiary/aromatic N) is 1. The molecule has 1 N–H and O–H groups in total. The first-order valence-electron chi connectivity index (χ1n) is 8.39. The van der Waals surface area contributed by atoms with Crippen molar-refractivity contribution in [3.8, 4) is 17.2 Å². The average molecular weight is 352 g/mol. The molecule has 4 rings (SSSR count). The zero-order chi connectivity index (χ0) is 18.3. The van der Waals surface area contributed by atoms with Crippen LogP contribution >= 0.6 is 0 Å². The summed E-state index contributed by atoms with van der Waals surface area (Å²) in [4.78, 5) is 18.1. The highest BCUT2D eigenvalue weighted by Crippen LogP contribution is 2.49. The quantitative estimate of drug-likeness (QED) is 0.771. The van der Waals surface area contributed by atoms with Gasteiger partial charge in [0.25, 0.3) is 0 Å². The van der Waals surface area contributed by atoms with Crippen molar-refractivity contribution in [1.29, 1.82) is 0 Å². The van der Waals surface area contributed by atoms with Crippen molar-refractivity contribution >= 4 is 28.1 Å². The van der Waals surface area contributed by atoms with Gasteiger partial charge in [0.15, 0.2) is 17.3 Å². The second kappa shape index (κ2) is 6.29. The summed E-state index contributed by atoms with van der Waals surface area (Å²) in [7, 11) is 4.65. The molecule has 0 saturated carbocycles. The Labute approximate surface area is 151 Å². The van der Waals surface area contributed by atoms with Crippen LogP contribution in [0.3, 0.4) is 0 Å². The molecular formula is C20H20N2O4. The summed E-state index contributed by atoms with van der Waals surface area (Å²) in [5.74, 6) is 1.42. The summed E-state index contributed by atoms with van der Waals surface area (Å²) >= 11 is 0. The lowest BCUT2D eigenvalue weighted by molar-refractivity contribution is 0.0977. The Morgan fingerprint density at radius 3 is 2.54 bits per heavy atom. The van der Waals surface area contributed by atoms with Gasteiger partial charge in [0.2, 0.25) is 5.75 Å². The van der Waals surface area contributed by atoms with Crippen LogP contribution in [0.25, 0.3) is 10.9 Å². The first-order chi connectivity index (χ1) is 12.7. The van der Waals surface area contributed by atoms with Crippen LogP contribution < -0.4 is 19.1 Å². The normalized spacial score (nSPS) is 13.7. The smallest absolute Gasteiger partial charge is 0.204 e. The minimum absolute atomic E-state index is 0.0373.